The maximum Gasteiger partial charge on any atom is 0.321 e. The molecule has 1 aromatic carbocycles. The number of halogens is 2. The van der Waals surface area contributed by atoms with Gasteiger partial charge >= 0.3 is 6.03 Å². The summed E-state index contributed by atoms with van der Waals surface area (Å²) in [5.74, 6) is -0.0600. The summed E-state index contributed by atoms with van der Waals surface area (Å²) in [7, 11) is 1.42. The van der Waals surface area contributed by atoms with Crippen molar-refractivity contribution >= 4 is 39.5 Å². The molecule has 98 valence electrons. The van der Waals surface area contributed by atoms with E-state index in [0.29, 0.717) is 15.2 Å². The largest absolute Gasteiger partial charge is 0.480 e. The molecule has 1 rings (SSSR count). The lowest BCUT2D eigenvalue weighted by atomic mass is 10.3. The van der Waals surface area contributed by atoms with Crippen molar-refractivity contribution in [3.63, 3.8) is 0 Å². The first-order valence-electron chi connectivity index (χ1n) is 5.08. The molecular formula is C11H12BrClN2O3. The van der Waals surface area contributed by atoms with Gasteiger partial charge in [-0.25, -0.2) is 4.79 Å². The third-order valence-electron chi connectivity index (χ3n) is 2.03. The van der Waals surface area contributed by atoms with Gasteiger partial charge in [0.25, 0.3) is 5.91 Å². The van der Waals surface area contributed by atoms with Crippen LogP contribution in [0.4, 0.5) is 4.79 Å². The summed E-state index contributed by atoms with van der Waals surface area (Å²) in [5, 5.41) is 4.96. The van der Waals surface area contributed by atoms with Crippen LogP contribution >= 0.6 is 27.5 Å². The highest BCUT2D eigenvalue weighted by atomic mass is 79.9. The zero-order chi connectivity index (χ0) is 13.7. The van der Waals surface area contributed by atoms with E-state index >= 15 is 0 Å². The van der Waals surface area contributed by atoms with E-state index in [-0.39, 0.29) is 0 Å². The van der Waals surface area contributed by atoms with Gasteiger partial charge in [0.1, 0.15) is 5.75 Å². The van der Waals surface area contributed by atoms with E-state index in [1.165, 1.54) is 7.05 Å². The molecule has 1 aromatic rings. The van der Waals surface area contributed by atoms with E-state index in [2.05, 4.69) is 26.6 Å². The average Bonchev–Trinajstić information content (AvgIpc) is 2.32. The summed E-state index contributed by atoms with van der Waals surface area (Å²) in [6.45, 7) is 1.54. The molecule has 1 atom stereocenters. The lowest BCUT2D eigenvalue weighted by molar-refractivity contribution is -0.126. The van der Waals surface area contributed by atoms with Crippen LogP contribution in [-0.4, -0.2) is 25.1 Å². The molecule has 7 heteroatoms. The SMILES string of the molecule is CNC(=O)NC(=O)[C@@H](C)Oc1ccc(Cl)cc1Br. The van der Waals surface area contributed by atoms with Gasteiger partial charge in [-0.1, -0.05) is 11.6 Å². The van der Waals surface area contributed by atoms with Crippen molar-refractivity contribution in [2.75, 3.05) is 7.05 Å². The molecule has 0 aliphatic rings. The Hall–Kier alpha value is -1.27. The quantitative estimate of drug-likeness (QED) is 0.891. The molecule has 0 saturated heterocycles. The van der Waals surface area contributed by atoms with Crippen molar-refractivity contribution in [1.29, 1.82) is 0 Å². The fraction of sp³-hybridized carbons (Fsp3) is 0.273. The maximum atomic E-state index is 11.6. The number of hydrogen-bond donors (Lipinski definition) is 2. The Bertz CT molecular complexity index is 468. The van der Waals surface area contributed by atoms with Gasteiger partial charge in [0.2, 0.25) is 0 Å². The Kier molecular flexibility index (Phi) is 5.43. The normalized spacial score (nSPS) is 11.6. The van der Waals surface area contributed by atoms with Crippen LogP contribution in [0.3, 0.4) is 0 Å². The minimum absolute atomic E-state index is 0.471. The van der Waals surface area contributed by atoms with Crippen LogP contribution < -0.4 is 15.4 Å². The monoisotopic (exact) mass is 334 g/mol. The van der Waals surface area contributed by atoms with Crippen LogP contribution in [0.1, 0.15) is 6.92 Å². The van der Waals surface area contributed by atoms with Gasteiger partial charge in [-0.05, 0) is 41.1 Å². The Morgan fingerprint density at radius 2 is 2.11 bits per heavy atom. The van der Waals surface area contributed by atoms with Crippen molar-refractivity contribution in [3.8, 4) is 5.75 Å². The number of benzene rings is 1. The van der Waals surface area contributed by atoms with Crippen LogP contribution in [0, 0.1) is 0 Å². The second kappa shape index (κ2) is 6.61. The number of carbonyl (C=O) groups excluding carboxylic acids is 2. The molecule has 0 heterocycles. The third kappa shape index (κ3) is 4.19. The number of nitrogens with one attached hydrogen (secondary N) is 2. The van der Waals surface area contributed by atoms with Crippen LogP contribution in [0.15, 0.2) is 22.7 Å². The highest BCUT2D eigenvalue weighted by Gasteiger charge is 2.17. The molecule has 3 amide bonds. The van der Waals surface area contributed by atoms with Gasteiger partial charge in [0.15, 0.2) is 6.10 Å². The average molecular weight is 336 g/mol. The summed E-state index contributed by atoms with van der Waals surface area (Å²) >= 11 is 9.05. The summed E-state index contributed by atoms with van der Waals surface area (Å²) in [5.41, 5.74) is 0. The fourth-order valence-corrected chi connectivity index (χ4v) is 1.87. The highest BCUT2D eigenvalue weighted by molar-refractivity contribution is 9.10. The number of imide groups is 1. The first-order valence-corrected chi connectivity index (χ1v) is 6.25. The van der Waals surface area contributed by atoms with E-state index in [9.17, 15) is 9.59 Å². The summed E-state index contributed by atoms with van der Waals surface area (Å²) < 4.78 is 6.04. The molecule has 0 spiro atoms. The van der Waals surface area contributed by atoms with Crippen molar-refractivity contribution in [3.05, 3.63) is 27.7 Å². The van der Waals surface area contributed by atoms with E-state index < -0.39 is 18.0 Å². The zero-order valence-electron chi connectivity index (χ0n) is 9.79. The Labute approximate surface area is 118 Å². The fourth-order valence-electron chi connectivity index (χ4n) is 1.09. The van der Waals surface area contributed by atoms with E-state index in [4.69, 9.17) is 16.3 Å². The minimum Gasteiger partial charge on any atom is -0.480 e. The lowest BCUT2D eigenvalue weighted by Gasteiger charge is -2.15. The molecular weight excluding hydrogens is 323 g/mol. The molecule has 18 heavy (non-hydrogen) atoms. The molecule has 0 radical (unpaired) electrons. The standard InChI is InChI=1S/C11H12BrClN2O3/c1-6(10(16)15-11(17)14-2)18-9-4-3-7(13)5-8(9)12/h3-6H,1-2H3,(H2,14,15,16,17)/t6-/m1/s1. The van der Waals surface area contributed by atoms with Crippen molar-refractivity contribution in [1.82, 2.24) is 10.6 Å². The van der Waals surface area contributed by atoms with E-state index in [0.717, 1.165) is 0 Å². The van der Waals surface area contributed by atoms with Crippen molar-refractivity contribution in [2.45, 2.75) is 13.0 Å². The van der Waals surface area contributed by atoms with Gasteiger partial charge in [-0.2, -0.15) is 0 Å². The van der Waals surface area contributed by atoms with Crippen LogP contribution in [0.5, 0.6) is 5.75 Å². The molecule has 0 fully saturated rings. The predicted octanol–water partition coefficient (Wildman–Crippen LogP) is 2.33. The van der Waals surface area contributed by atoms with Crippen LogP contribution in [-0.2, 0) is 4.79 Å². The summed E-state index contributed by atoms with van der Waals surface area (Å²) in [6.07, 6.45) is -0.806. The first kappa shape index (κ1) is 14.8. The summed E-state index contributed by atoms with van der Waals surface area (Å²) in [6, 6.07) is 4.35. The maximum absolute atomic E-state index is 11.6. The molecule has 0 unspecified atom stereocenters. The van der Waals surface area contributed by atoms with Crippen LogP contribution in [0.25, 0.3) is 0 Å². The number of rotatable bonds is 3. The van der Waals surface area contributed by atoms with E-state index in [1.54, 1.807) is 25.1 Å². The Morgan fingerprint density at radius 3 is 2.67 bits per heavy atom. The number of ether oxygens (including phenoxy) is 1. The first-order chi connectivity index (χ1) is 8.43. The topological polar surface area (TPSA) is 67.4 Å². The predicted molar refractivity (Wildman–Crippen MR) is 71.8 cm³/mol. The second-order valence-corrected chi connectivity index (χ2v) is 4.69. The summed E-state index contributed by atoms with van der Waals surface area (Å²) in [4.78, 5) is 22.5. The molecule has 2 N–H and O–H groups in total. The smallest absolute Gasteiger partial charge is 0.321 e. The number of amides is 3. The molecule has 0 aliphatic carbocycles. The lowest BCUT2D eigenvalue weighted by Crippen LogP contribution is -2.43. The van der Waals surface area contributed by atoms with Crippen LogP contribution in [0.2, 0.25) is 5.02 Å². The third-order valence-corrected chi connectivity index (χ3v) is 2.89. The van der Waals surface area contributed by atoms with Gasteiger partial charge in [-0.3, -0.25) is 10.1 Å². The number of carbonyl (C=O) groups is 2. The Balaban J connectivity index is 2.66. The molecule has 5 nitrogen and oxygen atoms in total. The van der Waals surface area contributed by atoms with Gasteiger partial charge < -0.3 is 10.1 Å². The second-order valence-electron chi connectivity index (χ2n) is 3.40. The molecule has 0 aromatic heterocycles. The minimum atomic E-state index is -0.806. The highest BCUT2D eigenvalue weighted by Crippen LogP contribution is 2.28. The van der Waals surface area contributed by atoms with Gasteiger partial charge in [0.05, 0.1) is 4.47 Å². The molecule has 0 bridgehead atoms. The Morgan fingerprint density at radius 1 is 1.44 bits per heavy atom. The van der Waals surface area contributed by atoms with Crippen molar-refractivity contribution in [2.24, 2.45) is 0 Å². The van der Waals surface area contributed by atoms with Gasteiger partial charge in [0, 0.05) is 12.1 Å². The number of urea groups is 1. The van der Waals surface area contributed by atoms with E-state index in [1.807, 2.05) is 0 Å². The number of hydrogen-bond acceptors (Lipinski definition) is 3. The van der Waals surface area contributed by atoms with Gasteiger partial charge in [-0.15, -0.1) is 0 Å². The molecule has 0 aliphatic heterocycles. The zero-order valence-corrected chi connectivity index (χ0v) is 12.1. The molecule has 0 saturated carbocycles. The van der Waals surface area contributed by atoms with Crippen molar-refractivity contribution < 1.29 is 14.3 Å².